The van der Waals surface area contributed by atoms with Crippen LogP contribution in [0.15, 0.2) is 63.8 Å². The van der Waals surface area contributed by atoms with Crippen LogP contribution in [0.5, 0.6) is 0 Å². The molecule has 104 valence electrons. The number of hydrogen-bond donors (Lipinski definition) is 0. The van der Waals surface area contributed by atoms with Crippen molar-refractivity contribution in [3.05, 3.63) is 75.1 Å². The minimum absolute atomic E-state index is 0.0405. The van der Waals surface area contributed by atoms with Crippen LogP contribution in [0.1, 0.15) is 16.1 Å². The molecule has 3 aromatic rings. The predicted octanol–water partition coefficient (Wildman–Crippen LogP) is 4.76. The predicted molar refractivity (Wildman–Crippen MR) is 90.4 cm³/mol. The lowest BCUT2D eigenvalue weighted by Gasteiger charge is -1.98. The third-order valence-corrected chi connectivity index (χ3v) is 3.98. The molecule has 0 bridgehead atoms. The van der Waals surface area contributed by atoms with Crippen LogP contribution in [0.25, 0.3) is 11.7 Å². The molecule has 0 saturated heterocycles. The van der Waals surface area contributed by atoms with Gasteiger partial charge in [0.15, 0.2) is 5.78 Å². The normalized spacial score (nSPS) is 11.3. The Balaban J connectivity index is 1.91. The molecule has 0 aliphatic heterocycles. The Morgan fingerprint density at radius 2 is 2.00 bits per heavy atom. The first-order valence-electron chi connectivity index (χ1n) is 6.24. The summed E-state index contributed by atoms with van der Waals surface area (Å²) in [4.78, 5) is 16.4. The number of fused-ring (bicyclic) bond motifs is 1. The molecule has 0 atom stereocenters. The summed E-state index contributed by atoms with van der Waals surface area (Å²) >= 11 is 6.80. The van der Waals surface area contributed by atoms with Crippen molar-refractivity contribution in [3.8, 4) is 0 Å². The second-order valence-electron chi connectivity index (χ2n) is 4.47. The number of carbonyl (C=O) groups is 1. The number of halogens is 2. The number of benzene rings is 1. The lowest BCUT2D eigenvalue weighted by molar-refractivity contribution is 0.104. The van der Waals surface area contributed by atoms with E-state index in [9.17, 15) is 4.79 Å². The number of nitrogens with zero attached hydrogens (tertiary/aromatic N) is 2. The zero-order valence-corrected chi connectivity index (χ0v) is 14.0. The minimum atomic E-state index is -0.0405. The topological polar surface area (TPSA) is 34.4 Å². The summed E-state index contributed by atoms with van der Waals surface area (Å²) in [7, 11) is 0. The smallest absolute Gasteiger partial charge is 0.185 e. The number of hydrogen-bond acceptors (Lipinski definition) is 2. The van der Waals surface area contributed by atoms with Crippen molar-refractivity contribution < 1.29 is 4.79 Å². The van der Waals surface area contributed by atoms with E-state index < -0.39 is 0 Å². The number of allylic oxidation sites excluding steroid dienone is 1. The maximum atomic E-state index is 12.1. The zero-order valence-electron chi connectivity index (χ0n) is 10.8. The van der Waals surface area contributed by atoms with E-state index in [2.05, 4.69) is 36.8 Å². The highest BCUT2D eigenvalue weighted by Gasteiger charge is 2.04. The van der Waals surface area contributed by atoms with Gasteiger partial charge in [0.1, 0.15) is 5.65 Å². The summed E-state index contributed by atoms with van der Waals surface area (Å²) in [6.07, 6.45) is 7.00. The van der Waals surface area contributed by atoms with Crippen molar-refractivity contribution in [2.75, 3.05) is 0 Å². The molecule has 0 N–H and O–H groups in total. The lowest BCUT2D eigenvalue weighted by Crippen LogP contribution is -1.94. The Bertz CT molecular complexity index is 852. The van der Waals surface area contributed by atoms with E-state index in [-0.39, 0.29) is 5.78 Å². The number of carbonyl (C=O) groups excluding carboxylic acids is 1. The SMILES string of the molecule is O=C(C=Cc1cnc2ccc(Br)cn12)c1cccc(Br)c1. The summed E-state index contributed by atoms with van der Waals surface area (Å²) in [5.74, 6) is -0.0405. The summed E-state index contributed by atoms with van der Waals surface area (Å²) in [5, 5.41) is 0. The van der Waals surface area contributed by atoms with Crippen LogP contribution in [-0.2, 0) is 0 Å². The largest absolute Gasteiger partial charge is 0.299 e. The second-order valence-corrected chi connectivity index (χ2v) is 6.30. The molecule has 3 nitrogen and oxygen atoms in total. The fourth-order valence-corrected chi connectivity index (χ4v) is 2.73. The Hall–Kier alpha value is -1.72. The third kappa shape index (κ3) is 3.14. The summed E-state index contributed by atoms with van der Waals surface area (Å²) < 4.78 is 3.77. The second kappa shape index (κ2) is 5.95. The highest BCUT2D eigenvalue weighted by atomic mass is 79.9. The number of aromatic nitrogens is 2. The van der Waals surface area contributed by atoms with Crippen LogP contribution in [0.2, 0.25) is 0 Å². The third-order valence-electron chi connectivity index (χ3n) is 3.01. The molecular formula is C16H10Br2N2O. The molecular weight excluding hydrogens is 396 g/mol. The monoisotopic (exact) mass is 404 g/mol. The number of ketones is 1. The number of pyridine rings is 1. The molecule has 0 unspecified atom stereocenters. The fourth-order valence-electron chi connectivity index (χ4n) is 2.00. The van der Waals surface area contributed by atoms with Gasteiger partial charge in [0, 0.05) is 20.7 Å². The van der Waals surface area contributed by atoms with Gasteiger partial charge in [-0.15, -0.1) is 0 Å². The molecule has 2 heterocycles. The van der Waals surface area contributed by atoms with Gasteiger partial charge in [-0.3, -0.25) is 9.20 Å². The average molecular weight is 406 g/mol. The molecule has 1 aromatic carbocycles. The summed E-state index contributed by atoms with van der Waals surface area (Å²) in [6, 6.07) is 11.2. The van der Waals surface area contributed by atoms with Crippen LogP contribution in [0.3, 0.4) is 0 Å². The molecule has 0 aliphatic carbocycles. The first kappa shape index (κ1) is 14.2. The van der Waals surface area contributed by atoms with E-state index in [0.29, 0.717) is 5.56 Å². The first-order valence-corrected chi connectivity index (χ1v) is 7.83. The van der Waals surface area contributed by atoms with Crippen molar-refractivity contribution in [1.82, 2.24) is 9.38 Å². The Morgan fingerprint density at radius 3 is 2.81 bits per heavy atom. The average Bonchev–Trinajstić information content (AvgIpc) is 2.87. The van der Waals surface area contributed by atoms with Gasteiger partial charge in [0.05, 0.1) is 11.9 Å². The Labute approximate surface area is 138 Å². The maximum Gasteiger partial charge on any atom is 0.185 e. The van der Waals surface area contributed by atoms with Gasteiger partial charge < -0.3 is 0 Å². The van der Waals surface area contributed by atoms with Crippen LogP contribution in [-0.4, -0.2) is 15.2 Å². The quantitative estimate of drug-likeness (QED) is 0.465. The van der Waals surface area contributed by atoms with Crippen molar-refractivity contribution in [2.45, 2.75) is 0 Å². The fraction of sp³-hybridized carbons (Fsp3) is 0. The van der Waals surface area contributed by atoms with Crippen LogP contribution in [0.4, 0.5) is 0 Å². The molecule has 0 saturated carbocycles. The van der Waals surface area contributed by atoms with E-state index in [1.807, 2.05) is 34.9 Å². The molecule has 5 heteroatoms. The molecule has 0 fully saturated rings. The molecule has 2 aromatic heterocycles. The van der Waals surface area contributed by atoms with E-state index in [0.717, 1.165) is 20.3 Å². The minimum Gasteiger partial charge on any atom is -0.299 e. The maximum absolute atomic E-state index is 12.1. The van der Waals surface area contributed by atoms with E-state index in [4.69, 9.17) is 0 Å². The van der Waals surface area contributed by atoms with Gasteiger partial charge in [0.2, 0.25) is 0 Å². The molecule has 0 radical (unpaired) electrons. The van der Waals surface area contributed by atoms with Crippen LogP contribution in [0, 0.1) is 0 Å². The van der Waals surface area contributed by atoms with Gasteiger partial charge >= 0.3 is 0 Å². The molecule has 3 rings (SSSR count). The number of imidazole rings is 1. The van der Waals surface area contributed by atoms with Gasteiger partial charge in [0.25, 0.3) is 0 Å². The van der Waals surface area contributed by atoms with E-state index >= 15 is 0 Å². The van der Waals surface area contributed by atoms with Gasteiger partial charge in [-0.25, -0.2) is 4.98 Å². The first-order chi connectivity index (χ1) is 10.1. The highest BCUT2D eigenvalue weighted by molar-refractivity contribution is 9.10. The van der Waals surface area contributed by atoms with Gasteiger partial charge in [-0.05, 0) is 52.3 Å². The molecule has 0 spiro atoms. The Kier molecular flexibility index (Phi) is 4.03. The highest BCUT2D eigenvalue weighted by Crippen LogP contribution is 2.16. The standard InChI is InChI=1S/C16H10Br2N2O/c17-12-3-1-2-11(8-12)15(21)6-5-14-9-19-16-7-4-13(18)10-20(14)16/h1-10H. The van der Waals surface area contributed by atoms with Crippen LogP contribution >= 0.6 is 31.9 Å². The van der Waals surface area contributed by atoms with Crippen molar-refractivity contribution in [2.24, 2.45) is 0 Å². The number of rotatable bonds is 3. The lowest BCUT2D eigenvalue weighted by atomic mass is 10.1. The van der Waals surface area contributed by atoms with Crippen molar-refractivity contribution in [3.63, 3.8) is 0 Å². The molecule has 0 aliphatic rings. The summed E-state index contributed by atoms with van der Waals surface area (Å²) in [6.45, 7) is 0. The van der Waals surface area contributed by atoms with E-state index in [1.54, 1.807) is 30.5 Å². The van der Waals surface area contributed by atoms with Gasteiger partial charge in [-0.2, -0.15) is 0 Å². The van der Waals surface area contributed by atoms with Crippen molar-refractivity contribution in [1.29, 1.82) is 0 Å². The van der Waals surface area contributed by atoms with Crippen molar-refractivity contribution >= 4 is 49.4 Å². The molecule has 0 amide bonds. The van der Waals surface area contributed by atoms with Gasteiger partial charge in [-0.1, -0.05) is 28.1 Å². The molecule has 21 heavy (non-hydrogen) atoms. The zero-order chi connectivity index (χ0) is 14.8. The summed E-state index contributed by atoms with van der Waals surface area (Å²) in [5.41, 5.74) is 2.35. The Morgan fingerprint density at radius 1 is 1.14 bits per heavy atom. The van der Waals surface area contributed by atoms with E-state index in [1.165, 1.54) is 0 Å². The van der Waals surface area contributed by atoms with Crippen LogP contribution < -0.4 is 0 Å².